The van der Waals surface area contributed by atoms with Crippen LogP contribution in [0, 0.1) is 0 Å². The predicted octanol–water partition coefficient (Wildman–Crippen LogP) is 1.61. The van der Waals surface area contributed by atoms with Crippen molar-refractivity contribution in [3.05, 3.63) is 21.9 Å². The number of thiophene rings is 1. The molecule has 0 spiro atoms. The van der Waals surface area contributed by atoms with Crippen LogP contribution in [0.5, 0.6) is 0 Å². The molecule has 3 rings (SSSR count). The molecule has 108 valence electrons. The zero-order valence-electron chi connectivity index (χ0n) is 11.6. The second-order valence-corrected chi connectivity index (χ2v) is 6.32. The maximum Gasteiger partial charge on any atom is 0.324 e. The third-order valence-electron chi connectivity index (χ3n) is 4.17. The first kappa shape index (κ1) is 13.6. The van der Waals surface area contributed by atoms with Crippen molar-refractivity contribution >= 4 is 23.3 Å². The van der Waals surface area contributed by atoms with Gasteiger partial charge in [-0.15, -0.1) is 11.3 Å². The van der Waals surface area contributed by atoms with E-state index in [1.54, 1.807) is 0 Å². The molecule has 1 fully saturated rings. The van der Waals surface area contributed by atoms with E-state index in [1.165, 1.54) is 15.3 Å². The minimum atomic E-state index is -0.248. The molecule has 1 atom stereocenters. The second-order valence-electron chi connectivity index (χ2n) is 5.32. The molecule has 1 N–H and O–H groups in total. The monoisotopic (exact) mass is 293 g/mol. The number of carbonyl (C=O) groups is 2. The third kappa shape index (κ3) is 2.45. The van der Waals surface area contributed by atoms with E-state index in [9.17, 15) is 9.59 Å². The van der Waals surface area contributed by atoms with Gasteiger partial charge in [-0.2, -0.15) is 0 Å². The fraction of sp³-hybridized carbons (Fsp3) is 0.571. The Labute approximate surface area is 122 Å². The summed E-state index contributed by atoms with van der Waals surface area (Å²) in [6, 6.07) is 2.41. The molecule has 3 amide bonds. The molecule has 0 radical (unpaired) electrons. The van der Waals surface area contributed by atoms with Gasteiger partial charge in [-0.05, 0) is 36.8 Å². The van der Waals surface area contributed by atoms with Gasteiger partial charge in [-0.3, -0.25) is 14.6 Å². The van der Waals surface area contributed by atoms with Crippen LogP contribution in [0.3, 0.4) is 0 Å². The van der Waals surface area contributed by atoms with Crippen molar-refractivity contribution in [2.24, 2.45) is 0 Å². The van der Waals surface area contributed by atoms with Crippen molar-refractivity contribution in [1.29, 1.82) is 0 Å². The molecule has 1 saturated heterocycles. The van der Waals surface area contributed by atoms with Crippen LogP contribution < -0.4 is 5.32 Å². The van der Waals surface area contributed by atoms with Crippen molar-refractivity contribution in [2.45, 2.75) is 25.8 Å². The third-order valence-corrected chi connectivity index (χ3v) is 5.16. The first-order valence-electron chi connectivity index (χ1n) is 7.05. The summed E-state index contributed by atoms with van der Waals surface area (Å²) in [7, 11) is 0. The van der Waals surface area contributed by atoms with Gasteiger partial charge in [-0.25, -0.2) is 4.79 Å². The highest BCUT2D eigenvalue weighted by atomic mass is 32.1. The average Bonchev–Trinajstić information content (AvgIpc) is 3.02. The van der Waals surface area contributed by atoms with Crippen molar-refractivity contribution in [1.82, 2.24) is 15.1 Å². The van der Waals surface area contributed by atoms with Crippen molar-refractivity contribution in [3.63, 3.8) is 0 Å². The molecule has 0 aliphatic carbocycles. The van der Waals surface area contributed by atoms with E-state index < -0.39 is 0 Å². The van der Waals surface area contributed by atoms with Gasteiger partial charge < -0.3 is 5.32 Å². The van der Waals surface area contributed by atoms with E-state index in [2.05, 4.69) is 28.6 Å². The number of urea groups is 1. The number of nitrogens with one attached hydrogen (secondary N) is 1. The summed E-state index contributed by atoms with van der Waals surface area (Å²) >= 11 is 1.84. The molecule has 0 aromatic carbocycles. The van der Waals surface area contributed by atoms with Crippen LogP contribution in [-0.2, 0) is 11.2 Å². The molecule has 3 heterocycles. The highest BCUT2D eigenvalue weighted by Gasteiger charge is 2.29. The normalized spacial score (nSPS) is 23.1. The standard InChI is InChI=1S/C14H19N3O2S/c1-10-11-4-8-20-12(11)3-7-16(10)5-2-6-17-13(18)9-15-14(17)19/h4,8,10H,2-3,5-7,9H2,1H3,(H,15,19)/t10-/m1/s1. The van der Waals surface area contributed by atoms with Crippen LogP contribution in [0.1, 0.15) is 29.8 Å². The summed E-state index contributed by atoms with van der Waals surface area (Å²) in [5, 5.41) is 4.72. The van der Waals surface area contributed by atoms with Crippen molar-refractivity contribution in [3.8, 4) is 0 Å². The Bertz CT molecular complexity index is 512. The minimum absolute atomic E-state index is 0.109. The number of carbonyl (C=O) groups excluding carboxylic acids is 2. The van der Waals surface area contributed by atoms with Crippen LogP contribution in [0.2, 0.25) is 0 Å². The fourth-order valence-electron chi connectivity index (χ4n) is 2.98. The van der Waals surface area contributed by atoms with Crippen molar-refractivity contribution in [2.75, 3.05) is 26.2 Å². The first-order chi connectivity index (χ1) is 9.66. The van der Waals surface area contributed by atoms with E-state index in [0.717, 1.165) is 25.9 Å². The smallest absolute Gasteiger partial charge is 0.324 e. The maximum absolute atomic E-state index is 11.5. The predicted molar refractivity (Wildman–Crippen MR) is 77.7 cm³/mol. The molecule has 0 saturated carbocycles. The Morgan fingerprint density at radius 2 is 2.25 bits per heavy atom. The molecule has 2 aliphatic rings. The lowest BCUT2D eigenvalue weighted by molar-refractivity contribution is -0.125. The lowest BCUT2D eigenvalue weighted by atomic mass is 10.0. The number of imide groups is 1. The van der Waals surface area contributed by atoms with E-state index in [-0.39, 0.29) is 18.5 Å². The highest BCUT2D eigenvalue weighted by Crippen LogP contribution is 2.32. The molecular weight excluding hydrogens is 274 g/mol. The van der Waals surface area contributed by atoms with Gasteiger partial charge in [0, 0.05) is 30.6 Å². The molecule has 20 heavy (non-hydrogen) atoms. The SMILES string of the molecule is C[C@@H]1c2ccsc2CCN1CCCN1C(=O)CNC1=O. The van der Waals surface area contributed by atoms with Gasteiger partial charge in [-0.1, -0.05) is 0 Å². The van der Waals surface area contributed by atoms with Gasteiger partial charge in [0.25, 0.3) is 0 Å². The number of hydrogen-bond acceptors (Lipinski definition) is 4. The number of nitrogens with zero attached hydrogens (tertiary/aromatic N) is 2. The topological polar surface area (TPSA) is 52.6 Å². The molecule has 0 unspecified atom stereocenters. The number of amides is 3. The Balaban J connectivity index is 1.52. The summed E-state index contributed by atoms with van der Waals surface area (Å²) < 4.78 is 0. The summed E-state index contributed by atoms with van der Waals surface area (Å²) in [5.41, 5.74) is 1.44. The highest BCUT2D eigenvalue weighted by molar-refractivity contribution is 7.10. The first-order valence-corrected chi connectivity index (χ1v) is 7.93. The Hall–Kier alpha value is -1.40. The van der Waals surface area contributed by atoms with Gasteiger partial charge in [0.1, 0.15) is 0 Å². The zero-order chi connectivity index (χ0) is 14.1. The zero-order valence-corrected chi connectivity index (χ0v) is 12.4. The number of hydrogen-bond donors (Lipinski definition) is 1. The van der Waals surface area contributed by atoms with E-state index >= 15 is 0 Å². The molecule has 1 aromatic heterocycles. The largest absolute Gasteiger partial charge is 0.329 e. The van der Waals surface area contributed by atoms with Gasteiger partial charge in [0.15, 0.2) is 0 Å². The van der Waals surface area contributed by atoms with Crippen LogP contribution in [-0.4, -0.2) is 47.9 Å². The van der Waals surface area contributed by atoms with Crippen LogP contribution in [0.25, 0.3) is 0 Å². The molecule has 2 aliphatic heterocycles. The van der Waals surface area contributed by atoms with E-state index in [1.807, 2.05) is 11.3 Å². The van der Waals surface area contributed by atoms with Gasteiger partial charge in [0.05, 0.1) is 6.54 Å². The molecule has 5 nitrogen and oxygen atoms in total. The van der Waals surface area contributed by atoms with E-state index in [0.29, 0.717) is 12.6 Å². The minimum Gasteiger partial charge on any atom is -0.329 e. The summed E-state index contributed by atoms with van der Waals surface area (Å²) in [6.45, 7) is 4.89. The van der Waals surface area contributed by atoms with Gasteiger partial charge in [0.2, 0.25) is 5.91 Å². The second kappa shape index (κ2) is 5.54. The Morgan fingerprint density at radius 3 is 3.00 bits per heavy atom. The van der Waals surface area contributed by atoms with Crippen LogP contribution in [0.4, 0.5) is 4.79 Å². The molecule has 1 aromatic rings. The fourth-order valence-corrected chi connectivity index (χ4v) is 3.94. The molecule has 6 heteroatoms. The summed E-state index contributed by atoms with van der Waals surface area (Å²) in [4.78, 5) is 28.2. The van der Waals surface area contributed by atoms with Crippen LogP contribution >= 0.6 is 11.3 Å². The number of rotatable bonds is 4. The average molecular weight is 293 g/mol. The quantitative estimate of drug-likeness (QED) is 0.858. The summed E-state index contributed by atoms with van der Waals surface area (Å²) in [6.07, 6.45) is 1.95. The van der Waals surface area contributed by atoms with Gasteiger partial charge >= 0.3 is 6.03 Å². The Kier molecular flexibility index (Phi) is 3.76. The number of fused-ring (bicyclic) bond motifs is 1. The lowest BCUT2D eigenvalue weighted by Crippen LogP contribution is -2.37. The van der Waals surface area contributed by atoms with Crippen molar-refractivity contribution < 1.29 is 9.59 Å². The lowest BCUT2D eigenvalue weighted by Gasteiger charge is -2.33. The maximum atomic E-state index is 11.5. The van der Waals surface area contributed by atoms with Crippen LogP contribution in [0.15, 0.2) is 11.4 Å². The molecule has 0 bridgehead atoms. The summed E-state index contributed by atoms with van der Waals surface area (Å²) in [5.74, 6) is -0.109. The van der Waals surface area contributed by atoms with E-state index in [4.69, 9.17) is 0 Å². The Morgan fingerprint density at radius 1 is 1.40 bits per heavy atom. The molecular formula is C14H19N3O2S.